The van der Waals surface area contributed by atoms with Crippen LogP contribution in [0.5, 0.6) is 0 Å². The van der Waals surface area contributed by atoms with Crippen LogP contribution in [0.1, 0.15) is 12.7 Å². The van der Waals surface area contributed by atoms with Crippen molar-refractivity contribution in [3.8, 4) is 0 Å². The summed E-state index contributed by atoms with van der Waals surface area (Å²) in [5.41, 5.74) is 0.0370. The highest BCUT2D eigenvalue weighted by Crippen LogP contribution is 2.40. The van der Waals surface area contributed by atoms with E-state index in [1.54, 1.807) is 0 Å². The van der Waals surface area contributed by atoms with Gasteiger partial charge < -0.3 is 25.3 Å². The zero-order valence-electron chi connectivity index (χ0n) is 15.9. The monoisotopic (exact) mass is 439 g/mol. The number of carbonyl (C=O) groups excluding carboxylic acids is 3. The number of fused-ring (bicyclic) bond motifs is 1. The van der Waals surface area contributed by atoms with Gasteiger partial charge in [0, 0.05) is 25.2 Å². The molecule has 2 atom stereocenters. The normalized spacial score (nSPS) is 20.3. The summed E-state index contributed by atoms with van der Waals surface area (Å²) in [7, 11) is 0. The maximum atomic E-state index is 12.5. The molecule has 0 saturated carbocycles. The molecule has 14 heteroatoms. The molecule has 3 heterocycles. The lowest BCUT2D eigenvalue weighted by Crippen LogP contribution is -2.70. The van der Waals surface area contributed by atoms with Gasteiger partial charge in [-0.2, -0.15) is 0 Å². The Kier molecular flexibility index (Phi) is 5.78. The average Bonchev–Trinajstić information content (AvgIpc) is 3.04. The molecule has 0 radical (unpaired) electrons. The van der Waals surface area contributed by atoms with Crippen LogP contribution in [0.25, 0.3) is 0 Å². The van der Waals surface area contributed by atoms with Gasteiger partial charge in [-0.25, -0.2) is 4.79 Å². The number of nitrogens with one attached hydrogen (secondary N) is 1. The highest BCUT2D eigenvalue weighted by atomic mass is 32.2. The molecule has 0 bridgehead atoms. The van der Waals surface area contributed by atoms with Crippen LogP contribution in [-0.2, 0) is 30.5 Å². The van der Waals surface area contributed by atoms with Crippen LogP contribution in [-0.4, -0.2) is 72.0 Å². The molecule has 1 saturated heterocycles. The van der Waals surface area contributed by atoms with Crippen molar-refractivity contribution in [2.45, 2.75) is 31.8 Å². The van der Waals surface area contributed by atoms with E-state index in [1.807, 2.05) is 0 Å². The fourth-order valence-corrected chi connectivity index (χ4v) is 4.42. The van der Waals surface area contributed by atoms with Crippen molar-refractivity contribution in [3.05, 3.63) is 33.4 Å². The van der Waals surface area contributed by atoms with Gasteiger partial charge in [-0.15, -0.1) is 11.8 Å². The molecule has 2 unspecified atom stereocenters. The molecule has 2 aliphatic heterocycles. The lowest BCUT2D eigenvalue weighted by molar-refractivity contribution is -0.389. The largest absolute Gasteiger partial charge is 0.477 e. The van der Waals surface area contributed by atoms with Gasteiger partial charge in [-0.3, -0.25) is 23.9 Å². The number of hydrogen-bond acceptors (Lipinski definition) is 9. The Bertz CT molecular complexity index is 986. The molecule has 3 rings (SSSR count). The smallest absolute Gasteiger partial charge is 0.381 e. The summed E-state index contributed by atoms with van der Waals surface area (Å²) in [6.07, 6.45) is 1.12. The lowest BCUT2D eigenvalue weighted by atomic mass is 10.0. The Morgan fingerprint density at radius 1 is 1.47 bits per heavy atom. The first kappa shape index (κ1) is 21.3. The molecule has 0 aromatic carbocycles. The number of carboxylic acid groups (broad SMARTS) is 1. The van der Waals surface area contributed by atoms with Crippen LogP contribution in [0.3, 0.4) is 0 Å². The van der Waals surface area contributed by atoms with E-state index in [0.29, 0.717) is 5.57 Å². The van der Waals surface area contributed by atoms with Crippen molar-refractivity contribution in [1.29, 1.82) is 0 Å². The van der Waals surface area contributed by atoms with Gasteiger partial charge in [-0.1, -0.05) is 0 Å². The van der Waals surface area contributed by atoms with Crippen LogP contribution >= 0.6 is 11.8 Å². The molecule has 0 spiro atoms. The maximum absolute atomic E-state index is 12.5. The molecule has 2 amide bonds. The molecule has 1 aromatic heterocycles. The van der Waals surface area contributed by atoms with Crippen LogP contribution in [0.15, 0.2) is 17.5 Å². The number of aryl methyl sites for hydroxylation is 1. The van der Waals surface area contributed by atoms with Crippen molar-refractivity contribution in [3.63, 3.8) is 0 Å². The van der Waals surface area contributed by atoms with Gasteiger partial charge in [0.1, 0.15) is 36.5 Å². The summed E-state index contributed by atoms with van der Waals surface area (Å²) < 4.78 is 6.13. The molecule has 30 heavy (non-hydrogen) atoms. The Morgan fingerprint density at radius 3 is 2.73 bits per heavy atom. The first-order chi connectivity index (χ1) is 14.1. The van der Waals surface area contributed by atoms with Crippen molar-refractivity contribution < 1.29 is 33.9 Å². The zero-order valence-corrected chi connectivity index (χ0v) is 16.7. The third-order valence-electron chi connectivity index (χ3n) is 4.48. The summed E-state index contributed by atoms with van der Waals surface area (Å²) in [6.45, 7) is 2.17. The van der Waals surface area contributed by atoms with Crippen LogP contribution < -0.4 is 5.32 Å². The van der Waals surface area contributed by atoms with Gasteiger partial charge >= 0.3 is 17.8 Å². The minimum atomic E-state index is -1.33. The number of carboxylic acids is 1. The molecular formula is C16H17N5O8S. The molecule has 2 N–H and O–H groups in total. The number of amides is 2. The van der Waals surface area contributed by atoms with Gasteiger partial charge in [0.15, 0.2) is 0 Å². The summed E-state index contributed by atoms with van der Waals surface area (Å²) >= 11 is 1.23. The number of β-lactam (4-membered cyclic amide) rings is 1. The molecule has 0 aliphatic carbocycles. The van der Waals surface area contributed by atoms with E-state index in [9.17, 15) is 34.4 Å². The van der Waals surface area contributed by atoms with Crippen molar-refractivity contribution in [2.75, 3.05) is 12.4 Å². The van der Waals surface area contributed by atoms with E-state index >= 15 is 0 Å². The number of hydrogen-bond donors (Lipinski definition) is 2. The van der Waals surface area contributed by atoms with E-state index in [4.69, 9.17) is 4.74 Å². The second-order valence-corrected chi connectivity index (χ2v) is 7.63. The van der Waals surface area contributed by atoms with E-state index in [0.717, 1.165) is 11.1 Å². The average molecular weight is 439 g/mol. The second kappa shape index (κ2) is 8.14. The van der Waals surface area contributed by atoms with Gasteiger partial charge in [-0.05, 0) is 9.91 Å². The summed E-state index contributed by atoms with van der Waals surface area (Å²) in [4.78, 5) is 62.4. The van der Waals surface area contributed by atoms with Crippen molar-refractivity contribution >= 4 is 41.3 Å². The lowest BCUT2D eigenvalue weighted by Gasteiger charge is -2.49. The van der Waals surface area contributed by atoms with E-state index < -0.39 is 45.9 Å². The number of ether oxygens (including phenoxy) is 1. The zero-order chi connectivity index (χ0) is 22.2. The number of rotatable bonds is 7. The Hall–Kier alpha value is -3.42. The predicted octanol–water partition coefficient (Wildman–Crippen LogP) is -0.599. The Balaban J connectivity index is 1.69. The summed E-state index contributed by atoms with van der Waals surface area (Å²) in [6, 6.07) is -0.939. The van der Waals surface area contributed by atoms with E-state index in [-0.39, 0.29) is 30.4 Å². The number of thioether (sulfide) groups is 1. The SMILES string of the molecule is CC(=O)OCC1=C(C(=O)O)N2C(=O)C(NC(=O)Cn3cc([N+](=O)[O-])nc3C)C2SC1. The number of carbonyl (C=O) groups is 4. The molecule has 1 aromatic rings. The molecule has 160 valence electrons. The molecular weight excluding hydrogens is 422 g/mol. The first-order valence-corrected chi connectivity index (χ1v) is 9.66. The highest BCUT2D eigenvalue weighted by molar-refractivity contribution is 8.00. The Morgan fingerprint density at radius 2 is 2.17 bits per heavy atom. The quantitative estimate of drug-likeness (QED) is 0.242. The Labute approximate surface area is 173 Å². The first-order valence-electron chi connectivity index (χ1n) is 8.61. The standard InChI is InChI=1S/C16H17N5O8S/c1-7-17-10(21(27)28)3-19(7)4-11(23)18-12-14(24)20-13(16(25)26)9(5-29-8(2)22)6-30-15(12)20/h3,12,15H,4-6H2,1-2H3,(H,18,23)(H,25,26). The fraction of sp³-hybridized carbons (Fsp3) is 0.438. The van der Waals surface area contributed by atoms with Crippen molar-refractivity contribution in [2.24, 2.45) is 0 Å². The third-order valence-corrected chi connectivity index (χ3v) is 5.82. The third kappa shape index (κ3) is 3.98. The van der Waals surface area contributed by atoms with Gasteiger partial charge in [0.05, 0.1) is 0 Å². The van der Waals surface area contributed by atoms with Crippen LogP contribution in [0.4, 0.5) is 5.82 Å². The van der Waals surface area contributed by atoms with Gasteiger partial charge in [0.2, 0.25) is 11.7 Å². The number of aromatic nitrogens is 2. The minimum Gasteiger partial charge on any atom is -0.477 e. The number of aliphatic carboxylic acids is 1. The predicted molar refractivity (Wildman–Crippen MR) is 99.9 cm³/mol. The van der Waals surface area contributed by atoms with E-state index in [1.165, 1.54) is 30.2 Å². The number of nitro groups is 1. The number of nitrogens with zero attached hydrogens (tertiary/aromatic N) is 4. The summed E-state index contributed by atoms with van der Waals surface area (Å²) in [5, 5.41) is 22.2. The molecule has 13 nitrogen and oxygen atoms in total. The molecule has 1 fully saturated rings. The van der Waals surface area contributed by atoms with E-state index in [2.05, 4.69) is 10.3 Å². The number of esters is 1. The highest BCUT2D eigenvalue weighted by Gasteiger charge is 2.54. The minimum absolute atomic E-state index is 0.211. The summed E-state index contributed by atoms with van der Waals surface area (Å²) in [5.74, 6) is -3.01. The molecule has 2 aliphatic rings. The topological polar surface area (TPSA) is 174 Å². The number of imidazole rings is 1. The fourth-order valence-electron chi connectivity index (χ4n) is 3.10. The maximum Gasteiger partial charge on any atom is 0.381 e. The van der Waals surface area contributed by atoms with Crippen LogP contribution in [0.2, 0.25) is 0 Å². The van der Waals surface area contributed by atoms with Crippen LogP contribution in [0, 0.1) is 17.0 Å². The van der Waals surface area contributed by atoms with Crippen molar-refractivity contribution in [1.82, 2.24) is 19.8 Å². The van der Waals surface area contributed by atoms with Gasteiger partial charge in [0.25, 0.3) is 5.91 Å². The second-order valence-electron chi connectivity index (χ2n) is 6.52.